The van der Waals surface area contributed by atoms with E-state index in [1.165, 1.54) is 10.3 Å². The molecule has 86 valence electrons. The minimum Gasteiger partial charge on any atom is -0.248 e. The van der Waals surface area contributed by atoms with Gasteiger partial charge in [0.1, 0.15) is 0 Å². The summed E-state index contributed by atoms with van der Waals surface area (Å²) in [6.07, 6.45) is 0. The molecule has 1 atom stereocenters. The Morgan fingerprint density at radius 2 is 1.82 bits per heavy atom. The first-order valence-corrected chi connectivity index (χ1v) is 7.44. The number of rotatable bonds is 0. The van der Waals surface area contributed by atoms with E-state index in [9.17, 15) is 4.21 Å². The molecule has 3 rings (SSSR count). The fourth-order valence-corrected chi connectivity index (χ4v) is 5.01. The van der Waals surface area contributed by atoms with Crippen molar-refractivity contribution in [1.82, 2.24) is 0 Å². The van der Waals surface area contributed by atoms with Crippen LogP contribution >= 0.6 is 11.8 Å². The minimum absolute atomic E-state index is 0.952. The molecule has 0 saturated heterocycles. The van der Waals surface area contributed by atoms with Crippen LogP contribution in [-0.4, -0.2) is 4.21 Å². The first-order chi connectivity index (χ1) is 8.18. The largest absolute Gasteiger partial charge is 0.248 e. The van der Waals surface area contributed by atoms with Crippen molar-refractivity contribution < 1.29 is 4.21 Å². The molecule has 2 aromatic rings. The molecule has 0 radical (unpaired) electrons. The maximum Gasteiger partial charge on any atom is 0.0923 e. The molecule has 0 amide bonds. The highest BCUT2D eigenvalue weighted by Crippen LogP contribution is 2.45. The second-order valence-corrected chi connectivity index (χ2v) is 6.96. The Labute approximate surface area is 107 Å². The summed E-state index contributed by atoms with van der Waals surface area (Å²) in [5.41, 5.74) is 1.14. The molecule has 3 heteroatoms. The van der Waals surface area contributed by atoms with E-state index in [2.05, 4.69) is 24.3 Å². The molecule has 1 nitrogen and oxygen atoms in total. The highest BCUT2D eigenvalue weighted by molar-refractivity contribution is 8.17. The normalized spacial score (nSPS) is 18.5. The van der Waals surface area contributed by atoms with Crippen molar-refractivity contribution >= 4 is 33.3 Å². The van der Waals surface area contributed by atoms with Crippen LogP contribution in [0, 0.1) is 0 Å². The van der Waals surface area contributed by atoms with E-state index in [0.29, 0.717) is 0 Å². The number of benzene rings is 2. The van der Waals surface area contributed by atoms with Gasteiger partial charge in [-0.2, -0.15) is 0 Å². The Balaban J connectivity index is 2.41. The van der Waals surface area contributed by atoms with Crippen LogP contribution in [-0.2, 0) is 10.8 Å². The minimum atomic E-state index is -1.01. The quantitative estimate of drug-likeness (QED) is 0.702. The van der Waals surface area contributed by atoms with Gasteiger partial charge in [0.15, 0.2) is 0 Å². The van der Waals surface area contributed by atoms with Gasteiger partial charge >= 0.3 is 0 Å². The van der Waals surface area contributed by atoms with Gasteiger partial charge in [-0.05, 0) is 31.4 Å². The molecule has 1 aliphatic heterocycles. The van der Waals surface area contributed by atoms with Gasteiger partial charge in [-0.25, -0.2) is 4.21 Å². The van der Waals surface area contributed by atoms with E-state index in [1.807, 2.05) is 26.0 Å². The molecule has 2 aromatic carbocycles. The Kier molecular flexibility index (Phi) is 2.60. The fourth-order valence-electron chi connectivity index (χ4n) is 2.04. The fraction of sp³-hybridized carbons (Fsp3) is 0.143. The smallest absolute Gasteiger partial charge is 0.0923 e. The zero-order valence-electron chi connectivity index (χ0n) is 9.69. The second-order valence-electron chi connectivity index (χ2n) is 4.27. The Hall–Kier alpha value is -1.06. The molecule has 0 saturated carbocycles. The first kappa shape index (κ1) is 11.1. The number of thioether (sulfide) groups is 1. The Bertz CT molecular complexity index is 662. The van der Waals surface area contributed by atoms with Gasteiger partial charge in [-0.3, -0.25) is 0 Å². The van der Waals surface area contributed by atoms with E-state index < -0.39 is 10.8 Å². The van der Waals surface area contributed by atoms with E-state index in [1.54, 1.807) is 11.8 Å². The molecule has 0 aromatic heterocycles. The summed E-state index contributed by atoms with van der Waals surface area (Å²) in [7, 11) is -1.01. The average molecular weight is 260 g/mol. The first-order valence-electron chi connectivity index (χ1n) is 5.47. The van der Waals surface area contributed by atoms with Crippen LogP contribution in [0.3, 0.4) is 0 Å². The van der Waals surface area contributed by atoms with Crippen LogP contribution in [0.4, 0.5) is 0 Å². The summed E-state index contributed by atoms with van der Waals surface area (Å²) in [5.74, 6) is 0. The van der Waals surface area contributed by atoms with Gasteiger partial charge in [0.05, 0.1) is 19.9 Å². The summed E-state index contributed by atoms with van der Waals surface area (Å²) < 4.78 is 13.5. The molecule has 0 spiro atoms. The Morgan fingerprint density at radius 3 is 2.53 bits per heavy atom. The van der Waals surface area contributed by atoms with Gasteiger partial charge in [-0.1, -0.05) is 41.6 Å². The summed E-state index contributed by atoms with van der Waals surface area (Å²) in [6, 6.07) is 12.3. The van der Waals surface area contributed by atoms with Crippen LogP contribution in [0.25, 0.3) is 10.8 Å². The van der Waals surface area contributed by atoms with Gasteiger partial charge in [-0.15, -0.1) is 0 Å². The zero-order chi connectivity index (χ0) is 12.0. The molecule has 0 aliphatic carbocycles. The van der Waals surface area contributed by atoms with Gasteiger partial charge in [0.25, 0.3) is 0 Å². The number of allylic oxidation sites excluding steroid dienone is 1. The molecule has 0 fully saturated rings. The lowest BCUT2D eigenvalue weighted by atomic mass is 10.1. The predicted octanol–water partition coefficient (Wildman–Crippen LogP) is 4.30. The monoisotopic (exact) mass is 260 g/mol. The molecular weight excluding hydrogens is 248 g/mol. The van der Waals surface area contributed by atoms with Crippen molar-refractivity contribution in [2.75, 3.05) is 0 Å². The summed E-state index contributed by atoms with van der Waals surface area (Å²) in [4.78, 5) is 2.17. The third kappa shape index (κ3) is 1.65. The van der Waals surface area contributed by atoms with Crippen LogP contribution in [0.5, 0.6) is 0 Å². The van der Waals surface area contributed by atoms with Crippen molar-refractivity contribution in [2.45, 2.75) is 23.6 Å². The van der Waals surface area contributed by atoms with Crippen molar-refractivity contribution in [2.24, 2.45) is 0 Å². The maximum absolute atomic E-state index is 12.5. The van der Waals surface area contributed by atoms with E-state index >= 15 is 0 Å². The highest BCUT2D eigenvalue weighted by atomic mass is 32.2. The maximum atomic E-state index is 12.5. The molecule has 1 heterocycles. The molecule has 17 heavy (non-hydrogen) atoms. The number of hydrogen-bond donors (Lipinski definition) is 0. The SMILES string of the molecule is CC(C)=C1Sc2cccc3cccc(c23)S1=O. The standard InChI is InChI=1S/C14H12OS2/c1-9(2)14-16-11-7-3-5-10-6-4-8-12(13(10)11)17(14)15/h3-8H,1-2H3. The van der Waals surface area contributed by atoms with E-state index in [4.69, 9.17) is 0 Å². The van der Waals surface area contributed by atoms with E-state index in [0.717, 1.165) is 20.1 Å². The van der Waals surface area contributed by atoms with Crippen LogP contribution < -0.4 is 0 Å². The van der Waals surface area contributed by atoms with Crippen LogP contribution in [0.1, 0.15) is 13.8 Å². The van der Waals surface area contributed by atoms with Gasteiger partial charge < -0.3 is 0 Å². The van der Waals surface area contributed by atoms with Crippen molar-refractivity contribution in [3.63, 3.8) is 0 Å². The summed E-state index contributed by atoms with van der Waals surface area (Å²) in [5, 5.41) is 2.33. The van der Waals surface area contributed by atoms with Crippen molar-refractivity contribution in [3.8, 4) is 0 Å². The third-order valence-corrected chi connectivity index (χ3v) is 6.15. The molecule has 1 aliphatic rings. The van der Waals surface area contributed by atoms with Crippen molar-refractivity contribution in [3.05, 3.63) is 46.2 Å². The Morgan fingerprint density at radius 1 is 1.12 bits per heavy atom. The lowest BCUT2D eigenvalue weighted by Gasteiger charge is -2.19. The zero-order valence-corrected chi connectivity index (χ0v) is 11.3. The lowest BCUT2D eigenvalue weighted by molar-refractivity contribution is 0.688. The molecule has 1 unspecified atom stereocenters. The van der Waals surface area contributed by atoms with Gasteiger partial charge in [0, 0.05) is 10.3 Å². The second kappa shape index (κ2) is 4.00. The summed E-state index contributed by atoms with van der Waals surface area (Å²) >= 11 is 1.65. The van der Waals surface area contributed by atoms with Crippen LogP contribution in [0.2, 0.25) is 0 Å². The van der Waals surface area contributed by atoms with Crippen molar-refractivity contribution in [1.29, 1.82) is 0 Å². The highest BCUT2D eigenvalue weighted by Gasteiger charge is 2.23. The van der Waals surface area contributed by atoms with Gasteiger partial charge in [0.2, 0.25) is 0 Å². The van der Waals surface area contributed by atoms with E-state index in [-0.39, 0.29) is 0 Å². The molecular formula is C14H12OS2. The summed E-state index contributed by atoms with van der Waals surface area (Å²) in [6.45, 7) is 4.04. The predicted molar refractivity (Wildman–Crippen MR) is 74.6 cm³/mol. The lowest BCUT2D eigenvalue weighted by Crippen LogP contribution is -2.02. The number of hydrogen-bond acceptors (Lipinski definition) is 2. The van der Waals surface area contributed by atoms with Crippen LogP contribution in [0.15, 0.2) is 56.0 Å². The molecule has 0 N–H and O–H groups in total. The topological polar surface area (TPSA) is 17.1 Å². The third-order valence-electron chi connectivity index (χ3n) is 2.81. The average Bonchev–Trinajstić information content (AvgIpc) is 2.33. The molecule has 0 bridgehead atoms.